The summed E-state index contributed by atoms with van der Waals surface area (Å²) in [7, 11) is 0. The molecule has 0 aliphatic carbocycles. The third-order valence-corrected chi connectivity index (χ3v) is 3.20. The van der Waals surface area contributed by atoms with Crippen LogP contribution in [0.5, 0.6) is 0 Å². The number of amides is 1. The Balaban J connectivity index is 2.25. The van der Waals surface area contributed by atoms with Crippen molar-refractivity contribution in [2.75, 3.05) is 24.5 Å². The van der Waals surface area contributed by atoms with Gasteiger partial charge in [0, 0.05) is 25.2 Å². The minimum absolute atomic E-state index is 0.249. The molecule has 0 atom stereocenters. The zero-order valence-corrected chi connectivity index (χ0v) is 10.6. The second-order valence-corrected chi connectivity index (χ2v) is 4.69. The standard InChI is InChI=1S/C14H20N2O/c1-11-5-6-13(12(2)10-11)16-9-8-15-7-3-4-14(16)17/h5-6,10,15H,3-4,7-9H2,1-2H3. The first-order valence-corrected chi connectivity index (χ1v) is 6.27. The minimum atomic E-state index is 0.249. The summed E-state index contributed by atoms with van der Waals surface area (Å²) in [6.07, 6.45) is 1.57. The van der Waals surface area contributed by atoms with Crippen molar-refractivity contribution in [3.05, 3.63) is 29.3 Å². The number of hydrogen-bond donors (Lipinski definition) is 1. The monoisotopic (exact) mass is 232 g/mol. The largest absolute Gasteiger partial charge is 0.315 e. The van der Waals surface area contributed by atoms with Crippen LogP contribution in [0.1, 0.15) is 24.0 Å². The fraction of sp³-hybridized carbons (Fsp3) is 0.500. The number of anilines is 1. The van der Waals surface area contributed by atoms with E-state index in [0.29, 0.717) is 6.42 Å². The summed E-state index contributed by atoms with van der Waals surface area (Å²) >= 11 is 0. The number of carbonyl (C=O) groups excluding carboxylic acids is 1. The summed E-state index contributed by atoms with van der Waals surface area (Å²) in [5, 5.41) is 3.34. The maximum Gasteiger partial charge on any atom is 0.227 e. The van der Waals surface area contributed by atoms with Gasteiger partial charge in [0.15, 0.2) is 0 Å². The molecule has 1 aliphatic rings. The molecule has 1 heterocycles. The molecule has 3 nitrogen and oxygen atoms in total. The van der Waals surface area contributed by atoms with Crippen molar-refractivity contribution in [2.45, 2.75) is 26.7 Å². The highest BCUT2D eigenvalue weighted by atomic mass is 16.2. The molecule has 0 spiro atoms. The van der Waals surface area contributed by atoms with Crippen LogP contribution in [0.15, 0.2) is 18.2 Å². The normalized spacial score (nSPS) is 17.8. The Hall–Kier alpha value is -1.35. The summed E-state index contributed by atoms with van der Waals surface area (Å²) < 4.78 is 0. The van der Waals surface area contributed by atoms with Gasteiger partial charge in [0.1, 0.15) is 0 Å². The Kier molecular flexibility index (Phi) is 3.79. The van der Waals surface area contributed by atoms with Gasteiger partial charge in [-0.2, -0.15) is 0 Å². The minimum Gasteiger partial charge on any atom is -0.315 e. The van der Waals surface area contributed by atoms with Crippen LogP contribution in [-0.4, -0.2) is 25.5 Å². The van der Waals surface area contributed by atoms with Crippen LogP contribution in [0.25, 0.3) is 0 Å². The van der Waals surface area contributed by atoms with Gasteiger partial charge in [-0.05, 0) is 38.4 Å². The molecule has 1 fully saturated rings. The zero-order chi connectivity index (χ0) is 12.3. The van der Waals surface area contributed by atoms with Crippen molar-refractivity contribution >= 4 is 11.6 Å². The van der Waals surface area contributed by atoms with E-state index in [0.717, 1.165) is 31.7 Å². The maximum atomic E-state index is 12.1. The molecule has 92 valence electrons. The van der Waals surface area contributed by atoms with Gasteiger partial charge in [0.05, 0.1) is 0 Å². The van der Waals surface area contributed by atoms with Crippen LogP contribution >= 0.6 is 0 Å². The lowest BCUT2D eigenvalue weighted by atomic mass is 10.1. The van der Waals surface area contributed by atoms with Gasteiger partial charge in [-0.15, -0.1) is 0 Å². The van der Waals surface area contributed by atoms with Gasteiger partial charge in [0.2, 0.25) is 5.91 Å². The van der Waals surface area contributed by atoms with E-state index >= 15 is 0 Å². The van der Waals surface area contributed by atoms with Crippen LogP contribution in [0.4, 0.5) is 5.69 Å². The number of benzene rings is 1. The highest BCUT2D eigenvalue weighted by molar-refractivity contribution is 5.94. The summed E-state index contributed by atoms with van der Waals surface area (Å²) in [6, 6.07) is 6.26. The fourth-order valence-electron chi connectivity index (χ4n) is 2.30. The van der Waals surface area contributed by atoms with E-state index in [9.17, 15) is 4.79 Å². The molecule has 17 heavy (non-hydrogen) atoms. The predicted molar refractivity (Wildman–Crippen MR) is 70.4 cm³/mol. The average Bonchev–Trinajstić information content (AvgIpc) is 2.26. The van der Waals surface area contributed by atoms with Crippen LogP contribution < -0.4 is 10.2 Å². The van der Waals surface area contributed by atoms with Gasteiger partial charge in [0.25, 0.3) is 0 Å². The SMILES string of the molecule is Cc1ccc(N2CCNCCCC2=O)c(C)c1. The van der Waals surface area contributed by atoms with E-state index < -0.39 is 0 Å². The molecule has 1 aromatic carbocycles. The molecule has 0 saturated carbocycles. The topological polar surface area (TPSA) is 32.3 Å². The van der Waals surface area contributed by atoms with Crippen molar-refractivity contribution in [2.24, 2.45) is 0 Å². The molecule has 0 unspecified atom stereocenters. The van der Waals surface area contributed by atoms with Crippen molar-refractivity contribution in [1.82, 2.24) is 5.32 Å². The lowest BCUT2D eigenvalue weighted by Crippen LogP contribution is -2.40. The highest BCUT2D eigenvalue weighted by Gasteiger charge is 2.18. The van der Waals surface area contributed by atoms with Crippen molar-refractivity contribution < 1.29 is 4.79 Å². The number of carbonyl (C=O) groups is 1. The van der Waals surface area contributed by atoms with Crippen LogP contribution in [0, 0.1) is 13.8 Å². The van der Waals surface area contributed by atoms with E-state index in [1.807, 2.05) is 4.90 Å². The van der Waals surface area contributed by atoms with E-state index in [-0.39, 0.29) is 5.91 Å². The summed E-state index contributed by atoms with van der Waals surface area (Å²) in [5.41, 5.74) is 3.48. The quantitative estimate of drug-likeness (QED) is 0.803. The van der Waals surface area contributed by atoms with Crippen molar-refractivity contribution in [3.63, 3.8) is 0 Å². The Labute approximate surface area is 103 Å². The first-order chi connectivity index (χ1) is 8.18. The number of nitrogens with zero attached hydrogens (tertiary/aromatic N) is 1. The zero-order valence-electron chi connectivity index (χ0n) is 10.6. The van der Waals surface area contributed by atoms with E-state index in [2.05, 4.69) is 37.4 Å². The average molecular weight is 232 g/mol. The first-order valence-electron chi connectivity index (χ1n) is 6.27. The third kappa shape index (κ3) is 2.86. The van der Waals surface area contributed by atoms with Crippen LogP contribution in [-0.2, 0) is 4.79 Å². The predicted octanol–water partition coefficient (Wildman–Crippen LogP) is 2.02. The molecular weight excluding hydrogens is 212 g/mol. The molecule has 1 aromatic rings. The number of nitrogens with one attached hydrogen (secondary N) is 1. The summed E-state index contributed by atoms with van der Waals surface area (Å²) in [6.45, 7) is 6.74. The Morgan fingerprint density at radius 1 is 1.24 bits per heavy atom. The van der Waals surface area contributed by atoms with Gasteiger partial charge >= 0.3 is 0 Å². The van der Waals surface area contributed by atoms with Crippen LogP contribution in [0.2, 0.25) is 0 Å². The molecule has 1 saturated heterocycles. The smallest absolute Gasteiger partial charge is 0.227 e. The van der Waals surface area contributed by atoms with Gasteiger partial charge < -0.3 is 10.2 Å². The van der Waals surface area contributed by atoms with Crippen molar-refractivity contribution in [1.29, 1.82) is 0 Å². The Morgan fingerprint density at radius 2 is 2.06 bits per heavy atom. The third-order valence-electron chi connectivity index (χ3n) is 3.20. The van der Waals surface area contributed by atoms with E-state index in [1.165, 1.54) is 11.1 Å². The summed E-state index contributed by atoms with van der Waals surface area (Å²) in [5.74, 6) is 0.249. The number of aryl methyl sites for hydroxylation is 2. The number of rotatable bonds is 1. The molecule has 0 aromatic heterocycles. The summed E-state index contributed by atoms with van der Waals surface area (Å²) in [4.78, 5) is 14.0. The second kappa shape index (κ2) is 5.32. The van der Waals surface area contributed by atoms with Gasteiger partial charge in [-0.25, -0.2) is 0 Å². The van der Waals surface area contributed by atoms with Gasteiger partial charge in [-0.3, -0.25) is 4.79 Å². The first kappa shape index (κ1) is 12.1. The van der Waals surface area contributed by atoms with Gasteiger partial charge in [-0.1, -0.05) is 17.7 Å². The molecule has 3 heteroatoms. The fourth-order valence-corrected chi connectivity index (χ4v) is 2.30. The molecular formula is C14H20N2O. The lowest BCUT2D eigenvalue weighted by Gasteiger charge is -2.27. The lowest BCUT2D eigenvalue weighted by molar-refractivity contribution is -0.118. The molecule has 0 radical (unpaired) electrons. The maximum absolute atomic E-state index is 12.1. The highest BCUT2D eigenvalue weighted by Crippen LogP contribution is 2.22. The molecule has 1 aliphatic heterocycles. The number of hydrogen-bond acceptors (Lipinski definition) is 2. The molecule has 2 rings (SSSR count). The second-order valence-electron chi connectivity index (χ2n) is 4.69. The molecule has 1 amide bonds. The van der Waals surface area contributed by atoms with E-state index in [4.69, 9.17) is 0 Å². The van der Waals surface area contributed by atoms with Crippen molar-refractivity contribution in [3.8, 4) is 0 Å². The molecule has 1 N–H and O–H groups in total. The van der Waals surface area contributed by atoms with E-state index in [1.54, 1.807) is 0 Å². The Bertz CT molecular complexity index is 415. The Morgan fingerprint density at radius 3 is 2.82 bits per heavy atom. The van der Waals surface area contributed by atoms with Crippen LogP contribution in [0.3, 0.4) is 0 Å². The molecule has 0 bridgehead atoms.